The summed E-state index contributed by atoms with van der Waals surface area (Å²) in [4.78, 5) is 5.52. The molecule has 0 spiro atoms. The molecule has 2 fully saturated rings. The zero-order valence-corrected chi connectivity index (χ0v) is 13.0. The molecule has 2 rings (SSSR count). The van der Waals surface area contributed by atoms with Gasteiger partial charge in [0, 0.05) is 18.6 Å². The van der Waals surface area contributed by atoms with Crippen LogP contribution in [0.5, 0.6) is 0 Å². The lowest BCUT2D eigenvalue weighted by Gasteiger charge is -2.41. The number of hydrogen-bond acceptors (Lipinski definition) is 3. The van der Waals surface area contributed by atoms with Crippen molar-refractivity contribution in [3.63, 3.8) is 0 Å². The molecule has 2 heterocycles. The van der Waals surface area contributed by atoms with Gasteiger partial charge in [-0.2, -0.15) is 0 Å². The Bertz CT molecular complexity index is 242. The van der Waals surface area contributed by atoms with Crippen molar-refractivity contribution in [1.82, 2.24) is 15.1 Å². The molecular weight excluding hydrogens is 234 g/mol. The van der Waals surface area contributed by atoms with E-state index in [1.165, 1.54) is 77.7 Å². The maximum Gasteiger partial charge on any atom is 0.0223 e. The monoisotopic (exact) mass is 267 g/mol. The highest BCUT2D eigenvalue weighted by atomic mass is 15.2. The summed E-state index contributed by atoms with van der Waals surface area (Å²) in [6, 6.07) is 1.64. The van der Waals surface area contributed by atoms with E-state index in [1.54, 1.807) is 0 Å². The lowest BCUT2D eigenvalue weighted by Crippen LogP contribution is -2.50. The van der Waals surface area contributed by atoms with Gasteiger partial charge in [-0.1, -0.05) is 13.3 Å². The van der Waals surface area contributed by atoms with Crippen LogP contribution in [0.1, 0.15) is 51.9 Å². The second-order valence-electron chi connectivity index (χ2n) is 6.37. The molecule has 2 unspecified atom stereocenters. The van der Waals surface area contributed by atoms with E-state index in [0.29, 0.717) is 0 Å². The summed E-state index contributed by atoms with van der Waals surface area (Å²) in [5.41, 5.74) is 0. The van der Waals surface area contributed by atoms with Gasteiger partial charge < -0.3 is 10.2 Å². The van der Waals surface area contributed by atoms with Gasteiger partial charge in [-0.05, 0) is 71.8 Å². The predicted molar refractivity (Wildman–Crippen MR) is 82.6 cm³/mol. The Morgan fingerprint density at radius 1 is 1.00 bits per heavy atom. The summed E-state index contributed by atoms with van der Waals surface area (Å²) >= 11 is 0. The number of piperidine rings is 1. The third kappa shape index (κ3) is 4.44. The average Bonchev–Trinajstić information content (AvgIpc) is 2.66. The molecular formula is C16H33N3. The number of nitrogens with one attached hydrogen (secondary N) is 1. The van der Waals surface area contributed by atoms with Crippen LogP contribution < -0.4 is 5.32 Å². The lowest BCUT2D eigenvalue weighted by molar-refractivity contribution is 0.0855. The van der Waals surface area contributed by atoms with Gasteiger partial charge >= 0.3 is 0 Å². The standard InChI is InChI=1S/C16H33N3/c1-3-10-18-11-6-8-15(9-13-18)19-12-5-4-7-16(19)14-17-2/h15-17H,3-14H2,1-2H3. The van der Waals surface area contributed by atoms with Crippen molar-refractivity contribution in [2.24, 2.45) is 0 Å². The minimum absolute atomic E-state index is 0.793. The molecule has 2 aliphatic rings. The van der Waals surface area contributed by atoms with Gasteiger partial charge in [-0.15, -0.1) is 0 Å². The van der Waals surface area contributed by atoms with Crippen molar-refractivity contribution < 1.29 is 0 Å². The molecule has 0 bridgehead atoms. The first-order chi connectivity index (χ1) is 9.35. The molecule has 2 aliphatic heterocycles. The van der Waals surface area contributed by atoms with Crippen LogP contribution in [0.25, 0.3) is 0 Å². The third-order valence-corrected chi connectivity index (χ3v) is 4.91. The van der Waals surface area contributed by atoms with Crippen molar-refractivity contribution in [2.45, 2.75) is 64.0 Å². The first kappa shape index (κ1) is 15.3. The first-order valence-corrected chi connectivity index (χ1v) is 8.47. The second-order valence-corrected chi connectivity index (χ2v) is 6.37. The van der Waals surface area contributed by atoms with Gasteiger partial charge in [-0.25, -0.2) is 0 Å². The molecule has 3 heteroatoms. The SMILES string of the molecule is CCCN1CCCC(N2CCCCC2CNC)CC1. The van der Waals surface area contributed by atoms with Crippen molar-refractivity contribution >= 4 is 0 Å². The molecule has 0 aromatic carbocycles. The molecule has 112 valence electrons. The largest absolute Gasteiger partial charge is 0.318 e. The highest BCUT2D eigenvalue weighted by Gasteiger charge is 2.29. The second kappa shape index (κ2) is 8.23. The summed E-state index contributed by atoms with van der Waals surface area (Å²) in [5.74, 6) is 0. The molecule has 1 N–H and O–H groups in total. The van der Waals surface area contributed by atoms with Crippen molar-refractivity contribution in [2.75, 3.05) is 39.8 Å². The fourth-order valence-electron chi connectivity index (χ4n) is 3.97. The van der Waals surface area contributed by atoms with E-state index in [0.717, 1.165) is 12.1 Å². The molecule has 19 heavy (non-hydrogen) atoms. The lowest BCUT2D eigenvalue weighted by atomic mass is 9.96. The fourth-order valence-corrected chi connectivity index (χ4v) is 3.97. The highest BCUT2D eigenvalue weighted by molar-refractivity contribution is 4.86. The Morgan fingerprint density at radius 2 is 1.89 bits per heavy atom. The van der Waals surface area contributed by atoms with Crippen LogP contribution in [0.15, 0.2) is 0 Å². The topological polar surface area (TPSA) is 18.5 Å². The highest BCUT2D eigenvalue weighted by Crippen LogP contribution is 2.25. The molecule has 2 saturated heterocycles. The van der Waals surface area contributed by atoms with Gasteiger partial charge in [0.25, 0.3) is 0 Å². The van der Waals surface area contributed by atoms with Crippen molar-refractivity contribution in [3.05, 3.63) is 0 Å². The van der Waals surface area contributed by atoms with Gasteiger partial charge in [0.1, 0.15) is 0 Å². The summed E-state index contributed by atoms with van der Waals surface area (Å²) < 4.78 is 0. The van der Waals surface area contributed by atoms with Crippen LogP contribution in [0.4, 0.5) is 0 Å². The molecule has 0 amide bonds. The summed E-state index contributed by atoms with van der Waals surface area (Å²) in [6.45, 7) is 8.76. The van der Waals surface area contributed by atoms with E-state index in [2.05, 4.69) is 29.1 Å². The van der Waals surface area contributed by atoms with Crippen LogP contribution in [0, 0.1) is 0 Å². The van der Waals surface area contributed by atoms with E-state index in [1.807, 2.05) is 0 Å². The molecule has 0 aromatic heterocycles. The van der Waals surface area contributed by atoms with E-state index >= 15 is 0 Å². The van der Waals surface area contributed by atoms with Gasteiger partial charge in [-0.3, -0.25) is 4.90 Å². The van der Waals surface area contributed by atoms with Gasteiger partial charge in [0.2, 0.25) is 0 Å². The van der Waals surface area contributed by atoms with E-state index in [4.69, 9.17) is 0 Å². The molecule has 2 atom stereocenters. The quantitative estimate of drug-likeness (QED) is 0.825. The minimum Gasteiger partial charge on any atom is -0.318 e. The summed E-state index contributed by atoms with van der Waals surface area (Å²) in [5, 5.41) is 3.40. The number of rotatable bonds is 5. The summed E-state index contributed by atoms with van der Waals surface area (Å²) in [6.07, 6.45) is 9.74. The van der Waals surface area contributed by atoms with Crippen LogP contribution in [-0.4, -0.2) is 61.7 Å². The minimum atomic E-state index is 0.793. The number of hydrogen-bond donors (Lipinski definition) is 1. The number of nitrogens with zero attached hydrogens (tertiary/aromatic N) is 2. The normalized spacial score (nSPS) is 31.3. The Kier molecular flexibility index (Phi) is 6.62. The molecule has 0 aromatic rings. The van der Waals surface area contributed by atoms with Crippen molar-refractivity contribution in [3.8, 4) is 0 Å². The van der Waals surface area contributed by atoms with Crippen molar-refractivity contribution in [1.29, 1.82) is 0 Å². The predicted octanol–water partition coefficient (Wildman–Crippen LogP) is 2.32. The molecule has 0 saturated carbocycles. The van der Waals surface area contributed by atoms with Crippen LogP contribution in [-0.2, 0) is 0 Å². The molecule has 0 radical (unpaired) electrons. The van der Waals surface area contributed by atoms with E-state index < -0.39 is 0 Å². The maximum atomic E-state index is 3.40. The van der Waals surface area contributed by atoms with E-state index in [9.17, 15) is 0 Å². The van der Waals surface area contributed by atoms with E-state index in [-0.39, 0.29) is 0 Å². The number of likely N-dealkylation sites (tertiary alicyclic amines) is 2. The Balaban J connectivity index is 1.88. The van der Waals surface area contributed by atoms with Crippen LogP contribution in [0.2, 0.25) is 0 Å². The van der Waals surface area contributed by atoms with Gasteiger partial charge in [0.05, 0.1) is 0 Å². The maximum absolute atomic E-state index is 3.40. The fraction of sp³-hybridized carbons (Fsp3) is 1.00. The average molecular weight is 267 g/mol. The number of likely N-dealkylation sites (N-methyl/N-ethyl adjacent to an activating group) is 1. The Hall–Kier alpha value is -0.120. The van der Waals surface area contributed by atoms with Crippen LogP contribution >= 0.6 is 0 Å². The first-order valence-electron chi connectivity index (χ1n) is 8.47. The Morgan fingerprint density at radius 3 is 2.68 bits per heavy atom. The summed E-state index contributed by atoms with van der Waals surface area (Å²) in [7, 11) is 2.10. The molecule has 3 nitrogen and oxygen atoms in total. The molecule has 0 aliphatic carbocycles. The Labute approximate surface area is 119 Å². The zero-order chi connectivity index (χ0) is 13.5. The zero-order valence-electron chi connectivity index (χ0n) is 13.0. The van der Waals surface area contributed by atoms with Gasteiger partial charge in [0.15, 0.2) is 0 Å². The smallest absolute Gasteiger partial charge is 0.0223 e. The van der Waals surface area contributed by atoms with Crippen LogP contribution in [0.3, 0.4) is 0 Å². The third-order valence-electron chi connectivity index (χ3n) is 4.91.